The Bertz CT molecular complexity index is 936. The zero-order chi connectivity index (χ0) is 19.6. The molecule has 0 bridgehead atoms. The first-order valence-corrected chi connectivity index (χ1v) is 9.16. The number of thiophene rings is 1. The largest absolute Gasteiger partial charge is 0.493 e. The number of hydrogen-bond acceptors (Lipinski definition) is 5. The van der Waals surface area contributed by atoms with Gasteiger partial charge in [0.15, 0.2) is 11.5 Å². The Kier molecular flexibility index (Phi) is 5.41. The van der Waals surface area contributed by atoms with Crippen LogP contribution in [0.4, 0.5) is 5.69 Å². The minimum atomic E-state index is -0.185. The van der Waals surface area contributed by atoms with Crippen LogP contribution >= 0.6 is 11.3 Å². The van der Waals surface area contributed by atoms with Crippen molar-refractivity contribution in [3.63, 3.8) is 0 Å². The van der Waals surface area contributed by atoms with E-state index in [2.05, 4.69) is 5.32 Å². The van der Waals surface area contributed by atoms with Crippen molar-refractivity contribution in [2.45, 2.75) is 13.8 Å². The monoisotopic (exact) mass is 386 g/mol. The van der Waals surface area contributed by atoms with Gasteiger partial charge in [-0.2, -0.15) is 0 Å². The van der Waals surface area contributed by atoms with E-state index in [1.54, 1.807) is 44.8 Å². The second kappa shape index (κ2) is 7.75. The second-order valence-corrected chi connectivity index (χ2v) is 7.13. The number of anilines is 1. The second-order valence-electron chi connectivity index (χ2n) is 5.92. The van der Waals surface area contributed by atoms with Crippen LogP contribution in [0.1, 0.15) is 20.8 Å². The minimum Gasteiger partial charge on any atom is -0.493 e. The maximum Gasteiger partial charge on any atom is 0.258 e. The summed E-state index contributed by atoms with van der Waals surface area (Å²) in [6, 6.07) is 7.29. The fourth-order valence-electron chi connectivity index (χ4n) is 2.88. The summed E-state index contributed by atoms with van der Waals surface area (Å²) in [7, 11) is 4.62. The summed E-state index contributed by atoms with van der Waals surface area (Å²) >= 11 is 1.59. The van der Waals surface area contributed by atoms with Gasteiger partial charge in [-0.1, -0.05) is 0 Å². The number of amides is 1. The lowest BCUT2D eigenvalue weighted by molar-refractivity contribution is 0.102. The van der Waals surface area contributed by atoms with Gasteiger partial charge in [0.1, 0.15) is 5.00 Å². The van der Waals surface area contributed by atoms with E-state index in [0.29, 0.717) is 28.5 Å². The Morgan fingerprint density at radius 3 is 2.11 bits per heavy atom. The first-order chi connectivity index (χ1) is 13.0. The molecule has 142 valence electrons. The van der Waals surface area contributed by atoms with Crippen molar-refractivity contribution in [3.05, 3.63) is 52.7 Å². The number of ether oxygens (including phenoxy) is 3. The van der Waals surface area contributed by atoms with Crippen LogP contribution in [0.5, 0.6) is 17.2 Å². The van der Waals surface area contributed by atoms with E-state index in [9.17, 15) is 4.79 Å². The normalized spacial score (nSPS) is 10.6. The summed E-state index contributed by atoms with van der Waals surface area (Å²) < 4.78 is 18.0. The van der Waals surface area contributed by atoms with Gasteiger partial charge >= 0.3 is 0 Å². The van der Waals surface area contributed by atoms with Gasteiger partial charge in [0.2, 0.25) is 5.75 Å². The number of aromatic nitrogens is 1. The van der Waals surface area contributed by atoms with Crippen LogP contribution in [0.25, 0.3) is 5.00 Å². The van der Waals surface area contributed by atoms with Crippen LogP contribution in [-0.4, -0.2) is 31.8 Å². The molecule has 2 aromatic heterocycles. The van der Waals surface area contributed by atoms with Gasteiger partial charge < -0.3 is 24.1 Å². The smallest absolute Gasteiger partial charge is 0.258 e. The molecule has 0 spiro atoms. The van der Waals surface area contributed by atoms with Gasteiger partial charge in [0.05, 0.1) is 26.9 Å². The molecular weight excluding hydrogens is 364 g/mol. The highest BCUT2D eigenvalue weighted by Crippen LogP contribution is 2.40. The minimum absolute atomic E-state index is 0.185. The first kappa shape index (κ1) is 18.8. The Balaban J connectivity index is 2.00. The fourth-order valence-corrected chi connectivity index (χ4v) is 4.00. The molecule has 0 atom stereocenters. The molecule has 7 heteroatoms. The predicted molar refractivity (Wildman–Crippen MR) is 107 cm³/mol. The highest BCUT2D eigenvalue weighted by atomic mass is 32.1. The number of nitrogens with zero attached hydrogens (tertiary/aromatic N) is 1. The lowest BCUT2D eigenvalue weighted by Gasteiger charge is -2.15. The molecule has 3 aromatic rings. The average molecular weight is 386 g/mol. The van der Waals surface area contributed by atoms with E-state index >= 15 is 0 Å². The molecule has 0 saturated carbocycles. The third kappa shape index (κ3) is 3.50. The SMILES string of the molecule is COc1cc(NC(=O)c2c(-n3cccc3)sc(C)c2C)cc(OC)c1OC. The first-order valence-electron chi connectivity index (χ1n) is 8.34. The van der Waals surface area contributed by atoms with Gasteiger partial charge in [-0.05, 0) is 31.5 Å². The van der Waals surface area contributed by atoms with Crippen LogP contribution in [0.15, 0.2) is 36.7 Å². The van der Waals surface area contributed by atoms with Crippen molar-refractivity contribution in [1.82, 2.24) is 4.57 Å². The Labute approximate surface area is 162 Å². The highest BCUT2D eigenvalue weighted by Gasteiger charge is 2.22. The molecule has 1 aromatic carbocycles. The van der Waals surface area contributed by atoms with Crippen molar-refractivity contribution >= 4 is 22.9 Å². The molecule has 1 N–H and O–H groups in total. The van der Waals surface area contributed by atoms with E-state index in [-0.39, 0.29) is 5.91 Å². The maximum atomic E-state index is 13.1. The molecule has 0 unspecified atom stereocenters. The third-order valence-electron chi connectivity index (χ3n) is 4.36. The number of nitrogens with one attached hydrogen (secondary N) is 1. The lowest BCUT2D eigenvalue weighted by atomic mass is 10.1. The molecule has 0 radical (unpaired) electrons. The molecule has 0 fully saturated rings. The molecule has 3 rings (SSSR count). The summed E-state index contributed by atoms with van der Waals surface area (Å²) in [6.07, 6.45) is 3.86. The predicted octanol–water partition coefficient (Wildman–Crippen LogP) is 4.43. The molecule has 0 aliphatic heterocycles. The molecule has 2 heterocycles. The van der Waals surface area contributed by atoms with Gasteiger partial charge in [0.25, 0.3) is 5.91 Å². The van der Waals surface area contributed by atoms with Crippen LogP contribution in [0.3, 0.4) is 0 Å². The zero-order valence-corrected chi connectivity index (χ0v) is 16.8. The number of carbonyl (C=O) groups is 1. The van der Waals surface area contributed by atoms with Gasteiger partial charge in [-0.3, -0.25) is 4.79 Å². The number of rotatable bonds is 6. The quantitative estimate of drug-likeness (QED) is 0.681. The molecule has 27 heavy (non-hydrogen) atoms. The van der Waals surface area contributed by atoms with Crippen molar-refractivity contribution in [3.8, 4) is 22.2 Å². The fraction of sp³-hybridized carbons (Fsp3) is 0.250. The summed E-state index contributed by atoms with van der Waals surface area (Å²) in [5, 5.41) is 3.84. The zero-order valence-electron chi connectivity index (χ0n) is 16.0. The summed E-state index contributed by atoms with van der Waals surface area (Å²) in [5.74, 6) is 1.26. The van der Waals surface area contributed by atoms with E-state index in [4.69, 9.17) is 14.2 Å². The number of benzene rings is 1. The van der Waals surface area contributed by atoms with Gasteiger partial charge in [-0.15, -0.1) is 11.3 Å². The third-order valence-corrected chi connectivity index (χ3v) is 5.58. The van der Waals surface area contributed by atoms with E-state index in [1.807, 2.05) is 42.9 Å². The summed E-state index contributed by atoms with van der Waals surface area (Å²) in [6.45, 7) is 3.98. The molecular formula is C20H22N2O4S. The summed E-state index contributed by atoms with van der Waals surface area (Å²) in [5.41, 5.74) is 2.19. The highest BCUT2D eigenvalue weighted by molar-refractivity contribution is 7.15. The number of carbonyl (C=O) groups excluding carboxylic acids is 1. The maximum absolute atomic E-state index is 13.1. The van der Waals surface area contributed by atoms with Crippen molar-refractivity contribution in [1.29, 1.82) is 0 Å². The van der Waals surface area contributed by atoms with Crippen LogP contribution in [-0.2, 0) is 0 Å². The van der Waals surface area contributed by atoms with Gasteiger partial charge in [-0.25, -0.2) is 0 Å². The summed E-state index contributed by atoms with van der Waals surface area (Å²) in [4.78, 5) is 14.2. The Morgan fingerprint density at radius 2 is 1.59 bits per heavy atom. The molecule has 0 aliphatic carbocycles. The topological polar surface area (TPSA) is 61.7 Å². The van der Waals surface area contributed by atoms with Crippen molar-refractivity contribution in [2.75, 3.05) is 26.6 Å². The van der Waals surface area contributed by atoms with Gasteiger partial charge in [0, 0.05) is 35.1 Å². The van der Waals surface area contributed by atoms with E-state index < -0.39 is 0 Å². The van der Waals surface area contributed by atoms with Crippen LogP contribution in [0.2, 0.25) is 0 Å². The van der Waals surface area contributed by atoms with Crippen molar-refractivity contribution < 1.29 is 19.0 Å². The Morgan fingerprint density at radius 1 is 1.00 bits per heavy atom. The number of methoxy groups -OCH3 is 3. The molecule has 1 amide bonds. The van der Waals surface area contributed by atoms with Crippen molar-refractivity contribution in [2.24, 2.45) is 0 Å². The molecule has 0 saturated heterocycles. The number of hydrogen-bond donors (Lipinski definition) is 1. The standard InChI is InChI=1S/C20H22N2O4S/c1-12-13(2)27-20(22-8-6-7-9-22)17(12)19(23)21-14-10-15(24-3)18(26-5)16(11-14)25-4/h6-11H,1-5H3,(H,21,23). The Hall–Kier alpha value is -2.93. The van der Waals surface area contributed by atoms with Crippen LogP contribution < -0.4 is 19.5 Å². The van der Waals surface area contributed by atoms with E-state index in [0.717, 1.165) is 15.4 Å². The molecule has 0 aliphatic rings. The van der Waals surface area contributed by atoms with Crippen LogP contribution in [0, 0.1) is 13.8 Å². The lowest BCUT2D eigenvalue weighted by Crippen LogP contribution is -2.15. The number of aryl methyl sites for hydroxylation is 1. The average Bonchev–Trinajstić information content (AvgIpc) is 3.29. The molecule has 6 nitrogen and oxygen atoms in total. The van der Waals surface area contributed by atoms with E-state index in [1.165, 1.54) is 0 Å².